The molecule has 0 aliphatic carbocycles. The van der Waals surface area contributed by atoms with Crippen LogP contribution in [0, 0.1) is 11.3 Å². The van der Waals surface area contributed by atoms with Gasteiger partial charge in [0, 0.05) is 5.71 Å². The zero-order valence-corrected chi connectivity index (χ0v) is 12.4. The van der Waals surface area contributed by atoms with Gasteiger partial charge in [0.05, 0.1) is 17.3 Å². The zero-order chi connectivity index (χ0) is 15.1. The molecule has 0 spiro atoms. The molecule has 0 saturated carbocycles. The maximum absolute atomic E-state index is 8.87. The number of nitriles is 1. The van der Waals surface area contributed by atoms with Gasteiger partial charge in [-0.25, -0.2) is 0 Å². The predicted octanol–water partition coefficient (Wildman–Crippen LogP) is 4.82. The molecule has 0 saturated heterocycles. The Morgan fingerprint density at radius 1 is 1.05 bits per heavy atom. The fourth-order valence-corrected chi connectivity index (χ4v) is 2.13. The van der Waals surface area contributed by atoms with Crippen molar-refractivity contribution in [3.05, 3.63) is 77.4 Å². The van der Waals surface area contributed by atoms with Crippen LogP contribution < -0.4 is 0 Å². The van der Waals surface area contributed by atoms with E-state index >= 15 is 0 Å². The Kier molecular flexibility index (Phi) is 5.06. The Bertz CT molecular complexity index is 687. The first-order chi connectivity index (χ1) is 10.3. The van der Waals surface area contributed by atoms with Gasteiger partial charge in [-0.2, -0.15) is 5.26 Å². The summed E-state index contributed by atoms with van der Waals surface area (Å²) < 4.78 is 0. The number of nitrogens with zero attached hydrogens (tertiary/aromatic N) is 2. The number of aliphatic imine (C=N–C) groups is 1. The highest BCUT2D eigenvalue weighted by atomic mass is 14.8. The summed E-state index contributed by atoms with van der Waals surface area (Å²) in [6.45, 7) is 4.09. The fraction of sp³-hybridized carbons (Fsp3) is 0.158. The van der Waals surface area contributed by atoms with Crippen LogP contribution in [0.4, 0.5) is 0 Å². The van der Waals surface area contributed by atoms with E-state index in [1.165, 1.54) is 0 Å². The lowest BCUT2D eigenvalue weighted by molar-refractivity contribution is 1.26. The summed E-state index contributed by atoms with van der Waals surface area (Å²) in [5.74, 6) is 0. The van der Waals surface area contributed by atoms with Crippen molar-refractivity contribution in [2.75, 3.05) is 0 Å². The number of allylic oxidation sites excluding steroid dienone is 1. The lowest BCUT2D eigenvalue weighted by Crippen LogP contribution is -2.00. The van der Waals surface area contributed by atoms with Gasteiger partial charge in [-0.1, -0.05) is 55.5 Å². The van der Waals surface area contributed by atoms with Crippen LogP contribution in [0.15, 0.2) is 65.7 Å². The molecule has 0 amide bonds. The Balaban J connectivity index is 2.37. The molecule has 0 unspecified atom stereocenters. The summed E-state index contributed by atoms with van der Waals surface area (Å²) in [6, 6.07) is 19.9. The fourth-order valence-electron chi connectivity index (χ4n) is 2.13. The standard InChI is InChI=1S/C19H18N2/c1-3-18(16-8-6-5-7-9-16)21-19(4-2)17-12-10-15(14-20)11-13-17/h3,5-13H,4H2,1-2H3/b18-3-,21-19+. The van der Waals surface area contributed by atoms with Crippen molar-refractivity contribution in [2.24, 2.45) is 4.99 Å². The van der Waals surface area contributed by atoms with Crippen LogP contribution in [-0.2, 0) is 0 Å². The van der Waals surface area contributed by atoms with Crippen LogP contribution in [0.2, 0.25) is 0 Å². The summed E-state index contributed by atoms with van der Waals surface area (Å²) in [6.07, 6.45) is 2.87. The number of rotatable bonds is 4. The van der Waals surface area contributed by atoms with E-state index in [0.29, 0.717) is 5.56 Å². The van der Waals surface area contributed by atoms with Crippen LogP contribution >= 0.6 is 0 Å². The van der Waals surface area contributed by atoms with Gasteiger partial charge in [-0.3, -0.25) is 4.99 Å². The first kappa shape index (κ1) is 14.7. The SMILES string of the molecule is C/C=C(\N=C(/CC)c1ccc(C#N)cc1)c1ccccc1. The summed E-state index contributed by atoms with van der Waals surface area (Å²) in [4.78, 5) is 4.80. The molecular weight excluding hydrogens is 256 g/mol. The first-order valence-electron chi connectivity index (χ1n) is 7.08. The smallest absolute Gasteiger partial charge is 0.0991 e. The molecule has 2 aromatic rings. The Labute approximate surface area is 126 Å². The molecule has 0 aliphatic rings. The Morgan fingerprint density at radius 2 is 1.71 bits per heavy atom. The number of hydrogen-bond donors (Lipinski definition) is 0. The second-order valence-corrected chi connectivity index (χ2v) is 4.64. The van der Waals surface area contributed by atoms with Gasteiger partial charge in [-0.05, 0) is 36.6 Å². The van der Waals surface area contributed by atoms with Crippen molar-refractivity contribution in [1.82, 2.24) is 0 Å². The second kappa shape index (κ2) is 7.21. The lowest BCUT2D eigenvalue weighted by Gasteiger charge is -2.07. The summed E-state index contributed by atoms with van der Waals surface area (Å²) in [7, 11) is 0. The first-order valence-corrected chi connectivity index (χ1v) is 7.08. The maximum atomic E-state index is 8.87. The van der Waals surface area contributed by atoms with Gasteiger partial charge in [0.15, 0.2) is 0 Å². The van der Waals surface area contributed by atoms with E-state index in [1.807, 2.05) is 55.5 Å². The molecule has 2 aromatic carbocycles. The van der Waals surface area contributed by atoms with Crippen molar-refractivity contribution in [3.63, 3.8) is 0 Å². The third kappa shape index (κ3) is 3.67. The third-order valence-corrected chi connectivity index (χ3v) is 3.28. The molecule has 0 heterocycles. The molecule has 21 heavy (non-hydrogen) atoms. The van der Waals surface area contributed by atoms with E-state index in [2.05, 4.69) is 25.1 Å². The molecule has 0 aliphatic heterocycles. The average molecular weight is 274 g/mol. The minimum absolute atomic E-state index is 0.670. The largest absolute Gasteiger partial charge is 0.253 e. The molecule has 2 heteroatoms. The molecule has 0 bridgehead atoms. The van der Waals surface area contributed by atoms with Crippen LogP contribution in [0.5, 0.6) is 0 Å². The van der Waals surface area contributed by atoms with Gasteiger partial charge in [-0.15, -0.1) is 0 Å². The average Bonchev–Trinajstić information content (AvgIpc) is 2.57. The maximum Gasteiger partial charge on any atom is 0.0991 e. The quantitative estimate of drug-likeness (QED) is 0.736. The topological polar surface area (TPSA) is 36.1 Å². The number of hydrogen-bond acceptors (Lipinski definition) is 2. The van der Waals surface area contributed by atoms with Crippen LogP contribution in [0.25, 0.3) is 5.70 Å². The highest BCUT2D eigenvalue weighted by Gasteiger charge is 2.04. The van der Waals surface area contributed by atoms with Crippen molar-refractivity contribution >= 4 is 11.4 Å². The molecule has 0 aromatic heterocycles. The van der Waals surface area contributed by atoms with Crippen molar-refractivity contribution in [2.45, 2.75) is 20.3 Å². The second-order valence-electron chi connectivity index (χ2n) is 4.64. The molecule has 0 fully saturated rings. The Morgan fingerprint density at radius 3 is 2.24 bits per heavy atom. The highest BCUT2D eigenvalue weighted by Crippen LogP contribution is 2.18. The van der Waals surface area contributed by atoms with Crippen LogP contribution in [-0.4, -0.2) is 5.71 Å². The Hall–Kier alpha value is -2.66. The summed E-state index contributed by atoms with van der Waals surface area (Å²) in [5.41, 5.74) is 4.84. The van der Waals surface area contributed by atoms with Gasteiger partial charge in [0.25, 0.3) is 0 Å². The molecule has 2 rings (SSSR count). The van der Waals surface area contributed by atoms with Crippen LogP contribution in [0.1, 0.15) is 37.0 Å². The highest BCUT2D eigenvalue weighted by molar-refractivity contribution is 6.03. The molecular formula is C19H18N2. The third-order valence-electron chi connectivity index (χ3n) is 3.28. The molecule has 0 atom stereocenters. The van der Waals surface area contributed by atoms with E-state index in [1.54, 1.807) is 0 Å². The molecule has 2 nitrogen and oxygen atoms in total. The summed E-state index contributed by atoms with van der Waals surface area (Å²) >= 11 is 0. The van der Waals surface area contributed by atoms with Crippen molar-refractivity contribution < 1.29 is 0 Å². The van der Waals surface area contributed by atoms with Gasteiger partial charge in [0.2, 0.25) is 0 Å². The zero-order valence-electron chi connectivity index (χ0n) is 12.4. The van der Waals surface area contributed by atoms with E-state index in [9.17, 15) is 0 Å². The van der Waals surface area contributed by atoms with E-state index in [4.69, 9.17) is 10.3 Å². The lowest BCUT2D eigenvalue weighted by atomic mass is 10.1. The van der Waals surface area contributed by atoms with Gasteiger partial charge < -0.3 is 0 Å². The molecule has 0 radical (unpaired) electrons. The molecule has 104 valence electrons. The predicted molar refractivity (Wildman–Crippen MR) is 88.1 cm³/mol. The van der Waals surface area contributed by atoms with E-state index in [-0.39, 0.29) is 0 Å². The normalized spacial score (nSPS) is 12.0. The monoisotopic (exact) mass is 274 g/mol. The van der Waals surface area contributed by atoms with Crippen molar-refractivity contribution in [3.8, 4) is 6.07 Å². The number of benzene rings is 2. The van der Waals surface area contributed by atoms with Gasteiger partial charge >= 0.3 is 0 Å². The van der Waals surface area contributed by atoms with Crippen LogP contribution in [0.3, 0.4) is 0 Å². The minimum atomic E-state index is 0.670. The minimum Gasteiger partial charge on any atom is -0.253 e. The van der Waals surface area contributed by atoms with Crippen molar-refractivity contribution in [1.29, 1.82) is 5.26 Å². The van der Waals surface area contributed by atoms with Gasteiger partial charge in [0.1, 0.15) is 0 Å². The molecule has 0 N–H and O–H groups in total. The van der Waals surface area contributed by atoms with E-state index < -0.39 is 0 Å². The summed E-state index contributed by atoms with van der Waals surface area (Å²) in [5, 5.41) is 8.87. The van der Waals surface area contributed by atoms with E-state index in [0.717, 1.165) is 29.0 Å².